The molecule has 11 heteroatoms. The van der Waals surface area contributed by atoms with Gasteiger partial charge in [-0.15, -0.1) is 0 Å². The second kappa shape index (κ2) is 15.3. The minimum absolute atomic E-state index is 0.137. The molecule has 0 aromatic heterocycles. The lowest BCUT2D eigenvalue weighted by atomic mass is 9.94. The highest BCUT2D eigenvalue weighted by molar-refractivity contribution is 5.91. The highest BCUT2D eigenvalue weighted by Gasteiger charge is 2.37. The van der Waals surface area contributed by atoms with Gasteiger partial charge in [0.25, 0.3) is 0 Å². The molecule has 2 aliphatic rings. The van der Waals surface area contributed by atoms with Gasteiger partial charge in [-0.1, -0.05) is 36.4 Å². The number of alkyl carbamates (subject to hydrolysis) is 1. The van der Waals surface area contributed by atoms with E-state index in [-0.39, 0.29) is 30.4 Å². The zero-order chi connectivity index (χ0) is 33.4. The molecule has 2 atom stereocenters. The van der Waals surface area contributed by atoms with Crippen LogP contribution in [0.3, 0.4) is 0 Å². The summed E-state index contributed by atoms with van der Waals surface area (Å²) in [7, 11) is 0. The third-order valence-electron chi connectivity index (χ3n) is 8.13. The van der Waals surface area contributed by atoms with Crippen LogP contribution >= 0.6 is 0 Å². The number of amides is 4. The van der Waals surface area contributed by atoms with Crippen LogP contribution in [0.5, 0.6) is 5.75 Å². The standard InChI is InChI=1S/C35H48N4O7/c1-23(2)45-34(43)38-18-15-24(16-19-38)22-44-27-13-14-28(25-10-7-6-8-11-25)26(20-27)21-29(37-33(42)46-35(3,4)5)32(41)39-17-9-12-30(39)31(36)40/h6-8,10-11,13-14,20,23-24,29-30H,9,12,15-19,21-22H2,1-5H3,(H2,36,40)(H,37,42)/t29-,30-/m0/s1. The summed E-state index contributed by atoms with van der Waals surface area (Å²) in [5.41, 5.74) is 7.49. The van der Waals surface area contributed by atoms with Gasteiger partial charge in [-0.3, -0.25) is 9.59 Å². The number of likely N-dealkylation sites (tertiary alicyclic amines) is 2. The van der Waals surface area contributed by atoms with Crippen molar-refractivity contribution >= 4 is 24.0 Å². The van der Waals surface area contributed by atoms with Crippen molar-refractivity contribution in [1.82, 2.24) is 15.1 Å². The highest BCUT2D eigenvalue weighted by Crippen LogP contribution is 2.30. The number of hydrogen-bond acceptors (Lipinski definition) is 7. The maximum Gasteiger partial charge on any atom is 0.410 e. The molecule has 11 nitrogen and oxygen atoms in total. The van der Waals surface area contributed by atoms with E-state index < -0.39 is 29.7 Å². The van der Waals surface area contributed by atoms with Crippen molar-refractivity contribution in [3.8, 4) is 16.9 Å². The summed E-state index contributed by atoms with van der Waals surface area (Å²) in [6.07, 6.45) is 1.71. The van der Waals surface area contributed by atoms with Crippen LogP contribution in [-0.2, 0) is 25.5 Å². The van der Waals surface area contributed by atoms with E-state index in [0.717, 1.165) is 29.5 Å². The zero-order valence-corrected chi connectivity index (χ0v) is 27.6. The number of carbonyl (C=O) groups excluding carboxylic acids is 4. The van der Waals surface area contributed by atoms with Gasteiger partial charge in [-0.05, 0) is 95.0 Å². The first kappa shape index (κ1) is 34.6. The average molecular weight is 637 g/mol. The predicted molar refractivity (Wildman–Crippen MR) is 174 cm³/mol. The van der Waals surface area contributed by atoms with Crippen molar-refractivity contribution in [3.63, 3.8) is 0 Å². The number of nitrogens with zero attached hydrogens (tertiary/aromatic N) is 2. The first-order valence-corrected chi connectivity index (χ1v) is 16.2. The first-order chi connectivity index (χ1) is 21.8. The van der Waals surface area contributed by atoms with Gasteiger partial charge in [-0.25, -0.2) is 9.59 Å². The van der Waals surface area contributed by atoms with Crippen molar-refractivity contribution in [2.24, 2.45) is 11.7 Å². The molecule has 2 saturated heterocycles. The number of nitrogens with one attached hydrogen (secondary N) is 1. The Morgan fingerprint density at radius 3 is 2.30 bits per heavy atom. The minimum Gasteiger partial charge on any atom is -0.493 e. The van der Waals surface area contributed by atoms with E-state index >= 15 is 0 Å². The second-order valence-electron chi connectivity index (χ2n) is 13.4. The molecule has 0 saturated carbocycles. The van der Waals surface area contributed by atoms with Crippen LogP contribution in [0.1, 0.15) is 65.9 Å². The quantitative estimate of drug-likeness (QED) is 0.378. The molecule has 2 heterocycles. The first-order valence-electron chi connectivity index (χ1n) is 16.2. The molecule has 3 N–H and O–H groups in total. The number of rotatable bonds is 10. The number of carbonyl (C=O) groups is 4. The smallest absolute Gasteiger partial charge is 0.410 e. The van der Waals surface area contributed by atoms with Crippen molar-refractivity contribution < 1.29 is 33.4 Å². The summed E-state index contributed by atoms with van der Waals surface area (Å²) in [6, 6.07) is 13.8. The van der Waals surface area contributed by atoms with Gasteiger partial charge in [0, 0.05) is 26.1 Å². The summed E-state index contributed by atoms with van der Waals surface area (Å²) < 4.78 is 17.1. The molecule has 250 valence electrons. The topological polar surface area (TPSA) is 140 Å². The monoisotopic (exact) mass is 636 g/mol. The predicted octanol–water partition coefficient (Wildman–Crippen LogP) is 4.90. The Morgan fingerprint density at radius 2 is 1.67 bits per heavy atom. The largest absolute Gasteiger partial charge is 0.493 e. The van der Waals surface area contributed by atoms with Crippen LogP contribution < -0.4 is 15.8 Å². The Hall–Kier alpha value is -4.28. The SMILES string of the molecule is CC(C)OC(=O)N1CCC(COc2ccc(-c3ccccc3)c(C[C@H](NC(=O)OC(C)(C)C)C(=O)N3CCC[C@H]3C(N)=O)c2)CC1. The van der Waals surface area contributed by atoms with Gasteiger partial charge in [0.15, 0.2) is 0 Å². The molecule has 0 bridgehead atoms. The van der Waals surface area contributed by atoms with Crippen LogP contribution in [0, 0.1) is 5.92 Å². The number of nitrogens with two attached hydrogens (primary N) is 1. The fourth-order valence-corrected chi connectivity index (χ4v) is 5.90. The molecule has 2 aliphatic heterocycles. The molecule has 0 spiro atoms. The van der Waals surface area contributed by atoms with Gasteiger partial charge in [0.2, 0.25) is 11.8 Å². The minimum atomic E-state index is -1.01. The van der Waals surface area contributed by atoms with Crippen molar-refractivity contribution in [2.75, 3.05) is 26.2 Å². The third-order valence-corrected chi connectivity index (χ3v) is 8.13. The molecule has 4 amide bonds. The summed E-state index contributed by atoms with van der Waals surface area (Å²) >= 11 is 0. The molecule has 46 heavy (non-hydrogen) atoms. The second-order valence-corrected chi connectivity index (χ2v) is 13.4. The molecule has 2 aromatic carbocycles. The number of piperidine rings is 1. The van der Waals surface area contributed by atoms with Gasteiger partial charge < -0.3 is 35.1 Å². The maximum absolute atomic E-state index is 13.9. The van der Waals surface area contributed by atoms with Crippen molar-refractivity contribution in [3.05, 3.63) is 54.1 Å². The average Bonchev–Trinajstić information content (AvgIpc) is 3.49. The lowest BCUT2D eigenvalue weighted by Crippen LogP contribution is -2.54. The maximum atomic E-state index is 13.9. The van der Waals surface area contributed by atoms with E-state index in [0.29, 0.717) is 44.8 Å². The van der Waals surface area contributed by atoms with Gasteiger partial charge in [-0.2, -0.15) is 0 Å². The van der Waals surface area contributed by atoms with E-state index in [9.17, 15) is 19.2 Å². The third kappa shape index (κ3) is 9.61. The van der Waals surface area contributed by atoms with Crippen LogP contribution in [0.15, 0.2) is 48.5 Å². The number of hydrogen-bond donors (Lipinski definition) is 2. The number of primary amides is 1. The van der Waals surface area contributed by atoms with E-state index in [4.69, 9.17) is 19.9 Å². The summed E-state index contributed by atoms with van der Waals surface area (Å²) in [6.45, 7) is 11.0. The normalized spacial score (nSPS) is 17.8. The van der Waals surface area contributed by atoms with E-state index in [1.165, 1.54) is 4.90 Å². The Balaban J connectivity index is 1.55. The van der Waals surface area contributed by atoms with Crippen LogP contribution in [0.2, 0.25) is 0 Å². The Bertz CT molecular complexity index is 1370. The molecule has 0 radical (unpaired) electrons. The summed E-state index contributed by atoms with van der Waals surface area (Å²) in [5, 5.41) is 2.78. The Labute approximate surface area is 271 Å². The fourth-order valence-electron chi connectivity index (χ4n) is 5.90. The summed E-state index contributed by atoms with van der Waals surface area (Å²) in [4.78, 5) is 54.5. The van der Waals surface area contributed by atoms with Gasteiger partial charge in [0.1, 0.15) is 23.4 Å². The lowest BCUT2D eigenvalue weighted by Gasteiger charge is -2.31. The van der Waals surface area contributed by atoms with E-state index in [2.05, 4.69) is 5.32 Å². The van der Waals surface area contributed by atoms with Crippen LogP contribution in [-0.4, -0.2) is 83.8 Å². The van der Waals surface area contributed by atoms with Crippen molar-refractivity contribution in [1.29, 1.82) is 0 Å². The molecule has 4 rings (SSSR count). The lowest BCUT2D eigenvalue weighted by molar-refractivity contribution is -0.139. The molecule has 0 unspecified atom stereocenters. The van der Waals surface area contributed by atoms with Gasteiger partial charge >= 0.3 is 12.2 Å². The van der Waals surface area contributed by atoms with Crippen molar-refractivity contribution in [2.45, 2.75) is 90.5 Å². The molecular formula is C35H48N4O7. The molecule has 0 aliphatic carbocycles. The zero-order valence-electron chi connectivity index (χ0n) is 27.6. The number of benzene rings is 2. The molecular weight excluding hydrogens is 588 g/mol. The molecule has 2 fully saturated rings. The van der Waals surface area contributed by atoms with Gasteiger partial charge in [0.05, 0.1) is 12.7 Å². The van der Waals surface area contributed by atoms with Crippen LogP contribution in [0.25, 0.3) is 11.1 Å². The highest BCUT2D eigenvalue weighted by atomic mass is 16.6. The Morgan fingerprint density at radius 1 is 0.978 bits per heavy atom. The Kier molecular flexibility index (Phi) is 11.5. The number of ether oxygens (including phenoxy) is 3. The van der Waals surface area contributed by atoms with E-state index in [1.807, 2.05) is 62.4 Å². The summed E-state index contributed by atoms with van der Waals surface area (Å²) in [5.74, 6) is -0.0504. The fraction of sp³-hybridized carbons (Fsp3) is 0.543. The van der Waals surface area contributed by atoms with Crippen LogP contribution in [0.4, 0.5) is 9.59 Å². The molecule has 2 aromatic rings. The van der Waals surface area contributed by atoms with E-state index in [1.54, 1.807) is 25.7 Å².